The molecule has 0 saturated heterocycles. The van der Waals surface area contributed by atoms with Crippen LogP contribution >= 0.6 is 0 Å². The molecule has 5 rings (SSSR count). The standard InChI is InChI=1S/C37H39N3/c1-4-31-19-20-34(24-35(31)25-38)33-17-14-30(15-18-33)26-40(28(3)32-10-6-5-7-11-32)37-12-8-9-29(23-37)16-22-36-21-13-27(2)39-36/h8-9,12-20,22-24,32H,3-7,10-11,21,26H2,1-2H3/b22-16+. The Balaban J connectivity index is 1.40. The summed E-state index contributed by atoms with van der Waals surface area (Å²) in [5, 5.41) is 9.57. The second-order valence-electron chi connectivity index (χ2n) is 11.0. The number of nitriles is 1. The maximum absolute atomic E-state index is 9.57. The van der Waals surface area contributed by atoms with Gasteiger partial charge >= 0.3 is 0 Å². The molecule has 0 spiro atoms. The Morgan fingerprint density at radius 3 is 2.48 bits per heavy atom. The molecule has 40 heavy (non-hydrogen) atoms. The van der Waals surface area contributed by atoms with Crippen LogP contribution in [-0.2, 0) is 13.0 Å². The molecule has 0 amide bonds. The van der Waals surface area contributed by atoms with Crippen LogP contribution in [0.5, 0.6) is 0 Å². The van der Waals surface area contributed by atoms with Gasteiger partial charge in [-0.2, -0.15) is 5.26 Å². The Morgan fingerprint density at radius 2 is 1.77 bits per heavy atom. The highest BCUT2D eigenvalue weighted by Crippen LogP contribution is 2.35. The largest absolute Gasteiger partial charge is 0.341 e. The highest BCUT2D eigenvalue weighted by molar-refractivity contribution is 6.01. The average molecular weight is 526 g/mol. The van der Waals surface area contributed by atoms with Crippen LogP contribution in [0.15, 0.2) is 102 Å². The Hall–Kier alpha value is -4.16. The molecule has 3 heteroatoms. The van der Waals surface area contributed by atoms with Crippen molar-refractivity contribution in [3.63, 3.8) is 0 Å². The lowest BCUT2D eigenvalue weighted by Crippen LogP contribution is -2.27. The van der Waals surface area contributed by atoms with Gasteiger partial charge < -0.3 is 4.90 Å². The summed E-state index contributed by atoms with van der Waals surface area (Å²) in [7, 11) is 0. The molecular weight excluding hydrogens is 486 g/mol. The summed E-state index contributed by atoms with van der Waals surface area (Å²) in [6.07, 6.45) is 14.6. The van der Waals surface area contributed by atoms with E-state index in [1.165, 1.54) is 54.6 Å². The van der Waals surface area contributed by atoms with Crippen LogP contribution in [0, 0.1) is 17.2 Å². The second kappa shape index (κ2) is 12.8. The van der Waals surface area contributed by atoms with Crippen LogP contribution < -0.4 is 4.90 Å². The molecule has 202 valence electrons. The van der Waals surface area contributed by atoms with Crippen molar-refractivity contribution in [1.82, 2.24) is 0 Å². The number of anilines is 1. The second-order valence-corrected chi connectivity index (χ2v) is 11.0. The van der Waals surface area contributed by atoms with Gasteiger partial charge in [0.05, 0.1) is 11.6 Å². The van der Waals surface area contributed by atoms with Crippen molar-refractivity contribution in [3.05, 3.63) is 119 Å². The highest BCUT2D eigenvalue weighted by Gasteiger charge is 2.22. The molecule has 1 saturated carbocycles. The molecule has 1 fully saturated rings. The molecule has 2 aliphatic rings. The predicted octanol–water partition coefficient (Wildman–Crippen LogP) is 9.65. The molecule has 3 nitrogen and oxygen atoms in total. The van der Waals surface area contributed by atoms with Gasteiger partial charge in [0.1, 0.15) is 0 Å². The van der Waals surface area contributed by atoms with Crippen LogP contribution in [0.4, 0.5) is 5.69 Å². The first-order chi connectivity index (χ1) is 19.5. The van der Waals surface area contributed by atoms with Crippen LogP contribution in [0.25, 0.3) is 17.2 Å². The molecule has 0 atom stereocenters. The van der Waals surface area contributed by atoms with Gasteiger partial charge in [-0.15, -0.1) is 0 Å². The molecule has 0 bridgehead atoms. The minimum atomic E-state index is 0.524. The fourth-order valence-corrected chi connectivity index (χ4v) is 5.83. The zero-order chi connectivity index (χ0) is 27.9. The predicted molar refractivity (Wildman–Crippen MR) is 169 cm³/mol. The SMILES string of the molecule is C=C(C1CCCCC1)N(Cc1ccc(-c2ccc(CC)c(C#N)c2)cc1)c1cccc(/C=C/C2=NC(C)=CC2)c1. The van der Waals surface area contributed by atoms with Gasteiger partial charge in [-0.3, -0.25) is 4.99 Å². The van der Waals surface area contributed by atoms with Gasteiger partial charge in [0.2, 0.25) is 0 Å². The number of rotatable bonds is 9. The topological polar surface area (TPSA) is 39.4 Å². The van der Waals surface area contributed by atoms with Crippen LogP contribution in [-0.4, -0.2) is 5.71 Å². The summed E-state index contributed by atoms with van der Waals surface area (Å²) in [6, 6.07) is 26.1. The van der Waals surface area contributed by atoms with E-state index in [-0.39, 0.29) is 0 Å². The van der Waals surface area contributed by atoms with Crippen molar-refractivity contribution in [2.24, 2.45) is 10.9 Å². The van der Waals surface area contributed by atoms with Gasteiger partial charge in [0.15, 0.2) is 0 Å². The lowest BCUT2D eigenvalue weighted by molar-refractivity contribution is 0.396. The molecule has 1 heterocycles. The van der Waals surface area contributed by atoms with Crippen LogP contribution in [0.1, 0.15) is 74.6 Å². The van der Waals surface area contributed by atoms with E-state index in [9.17, 15) is 5.26 Å². The van der Waals surface area contributed by atoms with E-state index in [0.29, 0.717) is 5.92 Å². The van der Waals surface area contributed by atoms with E-state index in [1.807, 2.05) is 13.0 Å². The molecular formula is C37H39N3. The summed E-state index contributed by atoms with van der Waals surface area (Å²) in [4.78, 5) is 7.03. The Bertz CT molecular complexity index is 1490. The number of aliphatic imine (C=N–C) groups is 1. The van der Waals surface area contributed by atoms with E-state index in [1.54, 1.807) is 0 Å². The molecule has 0 unspecified atom stereocenters. The van der Waals surface area contributed by atoms with Gasteiger partial charge in [-0.25, -0.2) is 0 Å². The third-order valence-corrected chi connectivity index (χ3v) is 8.24. The number of hydrogen-bond acceptors (Lipinski definition) is 3. The minimum Gasteiger partial charge on any atom is -0.341 e. The summed E-state index contributed by atoms with van der Waals surface area (Å²) < 4.78 is 0. The fourth-order valence-electron chi connectivity index (χ4n) is 5.83. The lowest BCUT2D eigenvalue weighted by Gasteiger charge is -2.34. The molecule has 1 aliphatic carbocycles. The molecule has 1 aliphatic heterocycles. The molecule has 3 aromatic carbocycles. The molecule has 0 radical (unpaired) electrons. The average Bonchev–Trinajstić information content (AvgIpc) is 3.44. The van der Waals surface area contributed by atoms with Crippen LogP contribution in [0.2, 0.25) is 0 Å². The van der Waals surface area contributed by atoms with Crippen molar-refractivity contribution in [3.8, 4) is 17.2 Å². The monoisotopic (exact) mass is 525 g/mol. The lowest BCUT2D eigenvalue weighted by atomic mass is 9.86. The Kier molecular flexibility index (Phi) is 8.77. The number of benzene rings is 3. The summed E-state index contributed by atoms with van der Waals surface area (Å²) in [5.74, 6) is 0.524. The van der Waals surface area contributed by atoms with Crippen LogP contribution in [0.3, 0.4) is 0 Å². The minimum absolute atomic E-state index is 0.524. The first-order valence-corrected chi connectivity index (χ1v) is 14.6. The maximum Gasteiger partial charge on any atom is 0.0994 e. The van der Waals surface area contributed by atoms with E-state index in [4.69, 9.17) is 0 Å². The summed E-state index contributed by atoms with van der Waals surface area (Å²) in [6.45, 7) is 9.56. The maximum atomic E-state index is 9.57. The number of aryl methyl sites for hydroxylation is 1. The normalized spacial score (nSPS) is 15.5. The third-order valence-electron chi connectivity index (χ3n) is 8.24. The first-order valence-electron chi connectivity index (χ1n) is 14.6. The van der Waals surface area contributed by atoms with Gasteiger partial charge in [-0.05, 0) is 84.2 Å². The van der Waals surface area contributed by atoms with Crippen molar-refractivity contribution in [1.29, 1.82) is 5.26 Å². The molecule has 3 aromatic rings. The van der Waals surface area contributed by atoms with Gasteiger partial charge in [0.25, 0.3) is 0 Å². The highest BCUT2D eigenvalue weighted by atomic mass is 15.1. The van der Waals surface area contributed by atoms with Crippen molar-refractivity contribution >= 4 is 17.5 Å². The zero-order valence-corrected chi connectivity index (χ0v) is 23.9. The smallest absolute Gasteiger partial charge is 0.0994 e. The zero-order valence-electron chi connectivity index (χ0n) is 23.9. The Labute approximate surface area is 239 Å². The number of nitrogens with zero attached hydrogens (tertiary/aromatic N) is 3. The fraction of sp³-hybridized carbons (Fsp3) is 0.297. The summed E-state index contributed by atoms with van der Waals surface area (Å²) >= 11 is 0. The van der Waals surface area contributed by atoms with Crippen molar-refractivity contribution in [2.45, 2.75) is 65.3 Å². The van der Waals surface area contributed by atoms with E-state index < -0.39 is 0 Å². The quantitative estimate of drug-likeness (QED) is 0.279. The van der Waals surface area contributed by atoms with Crippen molar-refractivity contribution in [2.75, 3.05) is 4.90 Å². The van der Waals surface area contributed by atoms with E-state index >= 15 is 0 Å². The van der Waals surface area contributed by atoms with Crippen molar-refractivity contribution < 1.29 is 0 Å². The number of hydrogen-bond donors (Lipinski definition) is 0. The first kappa shape index (κ1) is 27.4. The summed E-state index contributed by atoms with van der Waals surface area (Å²) in [5.41, 5.74) is 11.1. The van der Waals surface area contributed by atoms with Gasteiger partial charge in [-0.1, -0.05) is 93.4 Å². The van der Waals surface area contributed by atoms with Gasteiger partial charge in [0, 0.05) is 35.8 Å². The third kappa shape index (κ3) is 6.52. The van der Waals surface area contributed by atoms with E-state index in [2.05, 4.69) is 108 Å². The molecule has 0 N–H and O–H groups in total. The Morgan fingerprint density at radius 1 is 1.00 bits per heavy atom. The van der Waals surface area contributed by atoms with E-state index in [0.717, 1.165) is 53.0 Å². The number of allylic oxidation sites excluding steroid dienone is 4. The molecule has 0 aromatic heterocycles.